The summed E-state index contributed by atoms with van der Waals surface area (Å²) in [5.41, 5.74) is 2.18. The van der Waals surface area contributed by atoms with Gasteiger partial charge in [-0.3, -0.25) is 9.59 Å². The Morgan fingerprint density at radius 2 is 2.00 bits per heavy atom. The highest BCUT2D eigenvalue weighted by Crippen LogP contribution is 2.25. The third kappa shape index (κ3) is 4.10. The number of rotatable bonds is 5. The summed E-state index contributed by atoms with van der Waals surface area (Å²) in [7, 11) is 0. The van der Waals surface area contributed by atoms with E-state index in [1.807, 2.05) is 17.6 Å². The number of hydrogen-bond acceptors (Lipinski definition) is 5. The molecule has 2 aliphatic heterocycles. The smallest absolute Gasteiger partial charge is 0.259 e. The first-order valence-electron chi connectivity index (χ1n) is 11.3. The van der Waals surface area contributed by atoms with Crippen LogP contribution in [-0.2, 0) is 30.7 Å². The monoisotopic (exact) mass is 448 g/mol. The molecule has 0 aliphatic carbocycles. The second-order valence-electron chi connectivity index (χ2n) is 8.47. The molecule has 2 aliphatic rings. The topological polar surface area (TPSA) is 93.0 Å². The molecular weight excluding hydrogens is 423 g/mol. The van der Waals surface area contributed by atoms with Gasteiger partial charge in [-0.15, -0.1) is 10.2 Å². The fourth-order valence-electron chi connectivity index (χ4n) is 4.49. The van der Waals surface area contributed by atoms with Crippen molar-refractivity contribution in [3.8, 4) is 11.5 Å². The Labute approximate surface area is 190 Å². The van der Waals surface area contributed by atoms with Crippen molar-refractivity contribution in [2.24, 2.45) is 0 Å². The lowest BCUT2D eigenvalue weighted by molar-refractivity contribution is -0.132. The van der Waals surface area contributed by atoms with Crippen LogP contribution in [0.5, 0.6) is 0 Å². The van der Waals surface area contributed by atoms with Crippen LogP contribution in [0.25, 0.3) is 11.5 Å². The largest absolute Gasteiger partial charge is 0.338 e. The van der Waals surface area contributed by atoms with Gasteiger partial charge in [0, 0.05) is 32.5 Å². The Hall–Kier alpha value is -3.62. The molecule has 170 valence electrons. The standard InChI is InChI=1S/C24H25FN6O2/c1-2-5-22(32)30-11-9-15-13-18(25)17(12-16(15)14-30)24(33)27-20-7-3-6-19(26-20)23-29-28-21-8-4-10-31(21)23/h3,6-7,12-13H,2,4-5,8-11,14H2,1H3,(H,26,27,33). The Morgan fingerprint density at radius 3 is 2.85 bits per heavy atom. The Morgan fingerprint density at radius 1 is 1.12 bits per heavy atom. The van der Waals surface area contributed by atoms with Gasteiger partial charge in [0.15, 0.2) is 5.82 Å². The molecular formula is C24H25FN6O2. The maximum Gasteiger partial charge on any atom is 0.259 e. The van der Waals surface area contributed by atoms with Crippen molar-refractivity contribution in [1.29, 1.82) is 0 Å². The molecule has 0 radical (unpaired) electrons. The Bertz CT molecular complexity index is 1240. The summed E-state index contributed by atoms with van der Waals surface area (Å²) in [5.74, 6) is 0.831. The maximum absolute atomic E-state index is 14.8. The van der Waals surface area contributed by atoms with Gasteiger partial charge in [-0.2, -0.15) is 0 Å². The number of fused-ring (bicyclic) bond motifs is 2. The van der Waals surface area contributed by atoms with E-state index >= 15 is 0 Å². The number of hydrogen-bond donors (Lipinski definition) is 1. The average Bonchev–Trinajstić information content (AvgIpc) is 3.43. The first kappa shape index (κ1) is 21.2. The summed E-state index contributed by atoms with van der Waals surface area (Å²) in [4.78, 5) is 31.5. The van der Waals surface area contributed by atoms with Crippen LogP contribution in [-0.4, -0.2) is 43.0 Å². The van der Waals surface area contributed by atoms with E-state index in [9.17, 15) is 14.0 Å². The van der Waals surface area contributed by atoms with Gasteiger partial charge in [-0.05, 0) is 54.7 Å². The highest BCUT2D eigenvalue weighted by Gasteiger charge is 2.24. The van der Waals surface area contributed by atoms with Crippen LogP contribution in [0.1, 0.15) is 53.5 Å². The fraction of sp³-hybridized carbons (Fsp3) is 0.375. The summed E-state index contributed by atoms with van der Waals surface area (Å²) in [6.07, 6.45) is 3.76. The molecule has 2 amide bonds. The molecule has 0 fully saturated rings. The van der Waals surface area contributed by atoms with Crippen LogP contribution < -0.4 is 5.32 Å². The number of halogens is 1. The molecule has 1 N–H and O–H groups in total. The molecule has 3 aromatic rings. The van der Waals surface area contributed by atoms with E-state index in [4.69, 9.17) is 0 Å². The van der Waals surface area contributed by atoms with Gasteiger partial charge in [0.2, 0.25) is 5.91 Å². The van der Waals surface area contributed by atoms with E-state index in [0.29, 0.717) is 43.3 Å². The molecule has 33 heavy (non-hydrogen) atoms. The van der Waals surface area contributed by atoms with E-state index in [0.717, 1.165) is 42.8 Å². The molecule has 0 bridgehead atoms. The van der Waals surface area contributed by atoms with Gasteiger partial charge in [-0.1, -0.05) is 13.0 Å². The number of anilines is 1. The highest BCUT2D eigenvalue weighted by atomic mass is 19.1. The Balaban J connectivity index is 1.36. The zero-order valence-corrected chi connectivity index (χ0v) is 18.5. The molecule has 0 unspecified atom stereocenters. The van der Waals surface area contributed by atoms with E-state index in [-0.39, 0.29) is 11.5 Å². The molecule has 1 aromatic carbocycles. The second-order valence-corrected chi connectivity index (χ2v) is 8.47. The molecule has 0 atom stereocenters. The number of carbonyl (C=O) groups is 2. The van der Waals surface area contributed by atoms with Crippen molar-refractivity contribution in [3.05, 3.63) is 58.7 Å². The minimum atomic E-state index is -0.580. The first-order valence-corrected chi connectivity index (χ1v) is 11.3. The fourth-order valence-corrected chi connectivity index (χ4v) is 4.49. The number of aryl methyl sites for hydroxylation is 1. The molecule has 0 spiro atoms. The summed E-state index contributed by atoms with van der Waals surface area (Å²) in [6.45, 7) is 3.77. The lowest BCUT2D eigenvalue weighted by Crippen LogP contribution is -2.36. The number of amides is 2. The van der Waals surface area contributed by atoms with Crippen LogP contribution in [0.2, 0.25) is 0 Å². The number of nitrogens with zero attached hydrogens (tertiary/aromatic N) is 5. The SMILES string of the molecule is CCCC(=O)N1CCc2cc(F)c(C(=O)Nc3cccc(-c4nnc5n4CCC5)n3)cc2C1. The molecule has 2 aromatic heterocycles. The zero-order valence-electron chi connectivity index (χ0n) is 18.5. The third-order valence-electron chi connectivity index (χ3n) is 6.19. The van der Waals surface area contributed by atoms with E-state index in [1.165, 1.54) is 6.07 Å². The normalized spacial score (nSPS) is 14.7. The zero-order chi connectivity index (χ0) is 22.9. The molecule has 5 rings (SSSR count). The maximum atomic E-state index is 14.8. The number of aromatic nitrogens is 4. The predicted octanol–water partition coefficient (Wildman–Crippen LogP) is 3.36. The number of nitrogens with one attached hydrogen (secondary N) is 1. The molecule has 0 saturated carbocycles. The second kappa shape index (κ2) is 8.73. The van der Waals surface area contributed by atoms with Crippen molar-refractivity contribution in [3.63, 3.8) is 0 Å². The van der Waals surface area contributed by atoms with E-state index in [1.54, 1.807) is 23.1 Å². The van der Waals surface area contributed by atoms with Crippen LogP contribution in [0.15, 0.2) is 30.3 Å². The van der Waals surface area contributed by atoms with Crippen molar-refractivity contribution in [2.45, 2.75) is 52.1 Å². The summed E-state index contributed by atoms with van der Waals surface area (Å²) in [5, 5.41) is 11.1. The van der Waals surface area contributed by atoms with Crippen molar-refractivity contribution in [1.82, 2.24) is 24.6 Å². The predicted molar refractivity (Wildman–Crippen MR) is 120 cm³/mol. The summed E-state index contributed by atoms with van der Waals surface area (Å²) < 4.78 is 16.8. The summed E-state index contributed by atoms with van der Waals surface area (Å²) in [6, 6.07) is 8.21. The number of carbonyl (C=O) groups excluding carboxylic acids is 2. The molecule has 0 saturated heterocycles. The van der Waals surface area contributed by atoms with Gasteiger partial charge in [-0.25, -0.2) is 9.37 Å². The number of benzene rings is 1. The van der Waals surface area contributed by atoms with Gasteiger partial charge in [0.1, 0.15) is 23.2 Å². The molecule has 4 heterocycles. The van der Waals surface area contributed by atoms with Crippen LogP contribution in [0, 0.1) is 5.82 Å². The lowest BCUT2D eigenvalue weighted by atomic mass is 9.96. The van der Waals surface area contributed by atoms with Gasteiger partial charge in [0.05, 0.1) is 5.56 Å². The van der Waals surface area contributed by atoms with Gasteiger partial charge in [0.25, 0.3) is 5.91 Å². The minimum absolute atomic E-state index is 0.0610. The summed E-state index contributed by atoms with van der Waals surface area (Å²) >= 11 is 0. The van der Waals surface area contributed by atoms with Crippen LogP contribution in [0.4, 0.5) is 10.2 Å². The van der Waals surface area contributed by atoms with Crippen molar-refractivity contribution >= 4 is 17.6 Å². The van der Waals surface area contributed by atoms with Gasteiger partial charge < -0.3 is 14.8 Å². The first-order chi connectivity index (χ1) is 16.0. The average molecular weight is 449 g/mol. The molecule has 9 heteroatoms. The lowest BCUT2D eigenvalue weighted by Gasteiger charge is -2.29. The third-order valence-corrected chi connectivity index (χ3v) is 6.19. The minimum Gasteiger partial charge on any atom is -0.338 e. The van der Waals surface area contributed by atoms with Crippen molar-refractivity contribution in [2.75, 3.05) is 11.9 Å². The molecule has 8 nitrogen and oxygen atoms in total. The van der Waals surface area contributed by atoms with E-state index in [2.05, 4.69) is 20.5 Å². The Kier molecular flexibility index (Phi) is 5.62. The van der Waals surface area contributed by atoms with E-state index < -0.39 is 11.7 Å². The van der Waals surface area contributed by atoms with Gasteiger partial charge >= 0.3 is 0 Å². The number of pyridine rings is 1. The van der Waals surface area contributed by atoms with Crippen LogP contribution in [0.3, 0.4) is 0 Å². The van der Waals surface area contributed by atoms with Crippen LogP contribution >= 0.6 is 0 Å². The van der Waals surface area contributed by atoms with Crippen molar-refractivity contribution < 1.29 is 14.0 Å². The quantitative estimate of drug-likeness (QED) is 0.646. The highest BCUT2D eigenvalue weighted by molar-refractivity contribution is 6.04.